The second-order valence-corrected chi connectivity index (χ2v) is 12.4. The number of aliphatic hydroxyl groups is 5. The third-order valence-corrected chi connectivity index (χ3v) is 9.50. The maximum atomic E-state index is 12.5. The number of carbonyl (C=O) groups excluding carboxylic acids is 1. The van der Waals surface area contributed by atoms with Crippen LogP contribution in [0.3, 0.4) is 0 Å². The van der Waals surface area contributed by atoms with Gasteiger partial charge in [0.05, 0.1) is 32.0 Å². The maximum absolute atomic E-state index is 12.5. The van der Waals surface area contributed by atoms with Crippen molar-refractivity contribution >= 4 is 23.8 Å². The van der Waals surface area contributed by atoms with E-state index in [0.717, 1.165) is 5.69 Å². The number of hydrogen-bond acceptors (Lipinski definition) is 11. The molecule has 1 aliphatic carbocycles. The monoisotopic (exact) mass is 648 g/mol. The van der Waals surface area contributed by atoms with Gasteiger partial charge in [-0.05, 0) is 36.5 Å². The second-order valence-electron chi connectivity index (χ2n) is 12.4. The molecule has 1 spiro atoms. The molecule has 0 radical (unpaired) electrons. The minimum Gasteiger partial charge on any atom is -0.658 e. The van der Waals surface area contributed by atoms with E-state index in [1.165, 1.54) is 19.3 Å². The third kappa shape index (κ3) is 5.94. The molecular weight excluding hydrogens is 602 g/mol. The largest absolute Gasteiger partial charge is 0.658 e. The quantitative estimate of drug-likeness (QED) is 0.119. The van der Waals surface area contributed by atoms with Crippen LogP contribution in [0.1, 0.15) is 64.5 Å². The number of carboxylic acids is 1. The molecule has 1 saturated heterocycles. The van der Waals surface area contributed by atoms with Crippen LogP contribution >= 0.6 is 0 Å². The zero-order chi connectivity index (χ0) is 34.0. The molecule has 1 aromatic heterocycles. The lowest BCUT2D eigenvalue weighted by molar-refractivity contribution is -0.429. The summed E-state index contributed by atoms with van der Waals surface area (Å²) in [6.07, 6.45) is 0.181. The van der Waals surface area contributed by atoms with Gasteiger partial charge in [-0.1, -0.05) is 44.3 Å². The molecule has 256 valence electrons. The number of carbonyl (C=O) groups is 2. The Labute approximate surface area is 267 Å². The van der Waals surface area contributed by atoms with Crippen LogP contribution in [0.15, 0.2) is 30.4 Å². The molecule has 13 nitrogen and oxygen atoms in total. The van der Waals surface area contributed by atoms with Crippen LogP contribution in [0.25, 0.3) is 11.8 Å². The minimum absolute atomic E-state index is 0.0232. The fourth-order valence-electron chi connectivity index (χ4n) is 6.98. The summed E-state index contributed by atoms with van der Waals surface area (Å²) in [6.45, 7) is 7.51. The van der Waals surface area contributed by atoms with Gasteiger partial charge in [-0.25, -0.2) is 4.79 Å². The molecule has 13 heteroatoms. The molecule has 0 aromatic carbocycles. The van der Waals surface area contributed by atoms with Crippen LogP contribution in [-0.2, 0) is 28.5 Å². The summed E-state index contributed by atoms with van der Waals surface area (Å²) in [4.78, 5) is 29.1. The number of fused-ring (bicyclic) bond motifs is 1. The van der Waals surface area contributed by atoms with Gasteiger partial charge in [0.2, 0.25) is 5.79 Å². The summed E-state index contributed by atoms with van der Waals surface area (Å²) in [5.41, 5.74) is -3.33. The highest BCUT2D eigenvalue weighted by Gasteiger charge is 2.71. The van der Waals surface area contributed by atoms with Crippen molar-refractivity contribution in [1.29, 1.82) is 0 Å². The van der Waals surface area contributed by atoms with E-state index in [1.807, 2.05) is 19.9 Å². The second kappa shape index (κ2) is 14.0. The van der Waals surface area contributed by atoms with Gasteiger partial charge in [0.1, 0.15) is 18.8 Å². The smallest absolute Gasteiger partial charge is 0.333 e. The number of carboxylic acid groups (broad SMARTS) is 1. The Morgan fingerprint density at radius 2 is 1.98 bits per heavy atom. The highest BCUT2D eigenvalue weighted by Crippen LogP contribution is 2.51. The zero-order valence-corrected chi connectivity index (χ0v) is 26.7. The van der Waals surface area contributed by atoms with Gasteiger partial charge in [0.15, 0.2) is 11.2 Å². The van der Waals surface area contributed by atoms with Crippen LogP contribution < -0.4 is 15.6 Å². The van der Waals surface area contributed by atoms with E-state index in [4.69, 9.17) is 23.9 Å². The Balaban J connectivity index is 1.82. The summed E-state index contributed by atoms with van der Waals surface area (Å²) in [7, 11) is 1.19. The number of nitrogens with zero attached hydrogens (tertiary/aromatic N) is 1. The van der Waals surface area contributed by atoms with E-state index in [9.17, 15) is 40.2 Å². The van der Waals surface area contributed by atoms with Gasteiger partial charge in [-0.15, -0.1) is 6.58 Å². The number of aliphatic carboxylic acids is 1. The molecule has 2 aliphatic heterocycles. The predicted molar refractivity (Wildman–Crippen MR) is 163 cm³/mol. The van der Waals surface area contributed by atoms with E-state index < -0.39 is 78.7 Å². The highest BCUT2D eigenvalue weighted by molar-refractivity contribution is 5.90. The van der Waals surface area contributed by atoms with Crippen LogP contribution in [0.5, 0.6) is 0 Å². The van der Waals surface area contributed by atoms with Crippen molar-refractivity contribution in [3.63, 3.8) is 0 Å². The Hall–Kier alpha value is -3.04. The number of aliphatic hydroxyl groups excluding tert-OH is 4. The molecule has 6 N–H and O–H groups in total. The van der Waals surface area contributed by atoms with E-state index in [-0.39, 0.29) is 37.4 Å². The lowest BCUT2D eigenvalue weighted by atomic mass is 9.69. The zero-order valence-electron chi connectivity index (χ0n) is 26.7. The van der Waals surface area contributed by atoms with Crippen molar-refractivity contribution in [2.75, 3.05) is 26.9 Å². The number of rotatable bonds is 13. The summed E-state index contributed by atoms with van der Waals surface area (Å²) in [6, 6.07) is 1.84. The lowest BCUT2D eigenvalue weighted by Crippen LogP contribution is -2.80. The van der Waals surface area contributed by atoms with Crippen molar-refractivity contribution in [3.8, 4) is 0 Å². The average molecular weight is 649 g/mol. The molecule has 8 atom stereocenters. The van der Waals surface area contributed by atoms with Crippen molar-refractivity contribution in [3.05, 3.63) is 46.6 Å². The van der Waals surface area contributed by atoms with E-state index in [1.54, 1.807) is 13.0 Å². The predicted octanol–water partition coefficient (Wildman–Crippen LogP) is -0.439. The summed E-state index contributed by atoms with van der Waals surface area (Å²) in [5, 5.41) is 66.5. The van der Waals surface area contributed by atoms with Gasteiger partial charge in [-0.3, -0.25) is 4.79 Å². The molecule has 4 rings (SSSR count). The van der Waals surface area contributed by atoms with Gasteiger partial charge < -0.3 is 54.6 Å². The molecule has 0 saturated carbocycles. The van der Waals surface area contributed by atoms with E-state index in [2.05, 4.69) is 6.58 Å². The van der Waals surface area contributed by atoms with Crippen molar-refractivity contribution in [2.45, 2.75) is 94.1 Å². The van der Waals surface area contributed by atoms with E-state index in [0.29, 0.717) is 22.7 Å². The van der Waals surface area contributed by atoms with Crippen LogP contribution in [0.4, 0.5) is 0 Å². The molecule has 0 bridgehead atoms. The van der Waals surface area contributed by atoms with Crippen LogP contribution in [-0.4, -0.2) is 105 Å². The van der Waals surface area contributed by atoms with Gasteiger partial charge in [0.25, 0.3) is 0 Å². The van der Waals surface area contributed by atoms with Crippen LogP contribution in [0.2, 0.25) is 0 Å². The van der Waals surface area contributed by atoms with Gasteiger partial charge in [-0.2, -0.15) is 5.69 Å². The Morgan fingerprint density at radius 3 is 2.52 bits per heavy atom. The topological polar surface area (TPSA) is 207 Å². The first-order valence-corrected chi connectivity index (χ1v) is 15.6. The average Bonchev–Trinajstić information content (AvgIpc) is 3.48. The summed E-state index contributed by atoms with van der Waals surface area (Å²) in [5.74, 6) is -5.56. The number of methoxy groups -OCH3 is 1. The van der Waals surface area contributed by atoms with Crippen molar-refractivity contribution < 1.29 is 59.2 Å². The third-order valence-electron chi connectivity index (χ3n) is 9.50. The Kier molecular flexibility index (Phi) is 10.9. The fraction of sp³-hybridized carbons (Fsp3) is 0.636. The Morgan fingerprint density at radius 1 is 1.26 bits per heavy atom. The first kappa shape index (κ1) is 35.8. The lowest BCUT2D eigenvalue weighted by Gasteiger charge is -2.60. The first-order valence-electron chi connectivity index (χ1n) is 15.6. The van der Waals surface area contributed by atoms with E-state index >= 15 is 0 Å². The molecule has 1 fully saturated rings. The van der Waals surface area contributed by atoms with Gasteiger partial charge >= 0.3 is 11.9 Å². The van der Waals surface area contributed by atoms with Crippen molar-refractivity contribution in [2.24, 2.45) is 11.8 Å². The number of hydrogen-bond donors (Lipinski definition) is 6. The molecule has 46 heavy (non-hydrogen) atoms. The molecule has 3 heterocycles. The first-order chi connectivity index (χ1) is 21.8. The molecule has 0 amide bonds. The summed E-state index contributed by atoms with van der Waals surface area (Å²) >= 11 is 0. The SMILES string of the molecule is C=CC1C(OC2(CO)OC(CO)C3(C=c4cc(C(C)C)[n-]c4=C(CCCO)O3)C(O)C2(O)CC)CC=C(C(=O)OC)C1CC(=O)O. The maximum Gasteiger partial charge on any atom is 0.333 e. The molecule has 3 aliphatic rings. The fourth-order valence-corrected chi connectivity index (χ4v) is 6.98. The van der Waals surface area contributed by atoms with Crippen LogP contribution in [0, 0.1) is 11.8 Å². The van der Waals surface area contributed by atoms with Gasteiger partial charge in [0, 0.05) is 30.4 Å². The highest BCUT2D eigenvalue weighted by atomic mass is 16.7. The number of esters is 1. The molecule has 1 aromatic rings. The summed E-state index contributed by atoms with van der Waals surface area (Å²) < 4.78 is 24.1. The standard InChI is InChI=1S/C33H46NO12/c1-6-20-22(14-27(38)39)21(29(40)43-5)10-11-24(20)45-33(17-37)32(42,7-2)30(41)31(26(16-36)46-33)15-19-13-23(18(3)4)34-28(19)25(44-31)9-8-12-35/h6,10,13,15,18,20,22,24,26,30,35-37,41-42H,1,7-9,11-12,14,16-17H2,2-5H3,(H,38,39)/q-1. The molecular formula is C33H46NO12-. The normalized spacial score (nSPS) is 34.0. The number of aromatic nitrogens is 1. The van der Waals surface area contributed by atoms with Crippen molar-refractivity contribution in [1.82, 2.24) is 4.98 Å². The Bertz CT molecular complexity index is 1450. The molecule has 8 unspecified atom stereocenters. The number of ether oxygens (including phenoxy) is 4. The minimum atomic E-state index is -2.36.